The Balaban J connectivity index is 2.70. The van der Waals surface area contributed by atoms with Gasteiger partial charge in [0.25, 0.3) is 0 Å². The molecule has 0 aliphatic heterocycles. The molecule has 0 aliphatic carbocycles. The third-order valence-corrected chi connectivity index (χ3v) is 4.21. The summed E-state index contributed by atoms with van der Waals surface area (Å²) < 4.78 is 0. The van der Waals surface area contributed by atoms with Crippen LogP contribution < -0.4 is 0 Å². The lowest BCUT2D eigenvalue weighted by atomic mass is 9.76. The molecular formula is C18H28O. The van der Waals surface area contributed by atoms with Crippen LogP contribution in [0.3, 0.4) is 0 Å². The molecule has 0 aromatic heterocycles. The van der Waals surface area contributed by atoms with Gasteiger partial charge in [-0.3, -0.25) is 4.79 Å². The molecule has 0 saturated carbocycles. The van der Waals surface area contributed by atoms with Crippen molar-refractivity contribution in [2.45, 2.75) is 65.2 Å². The molecule has 0 fully saturated rings. The lowest BCUT2D eigenvalue weighted by Gasteiger charge is -2.26. The second-order valence-corrected chi connectivity index (χ2v) is 6.03. The Labute approximate surface area is 118 Å². The van der Waals surface area contributed by atoms with Crippen LogP contribution in [0.4, 0.5) is 0 Å². The third kappa shape index (κ3) is 4.49. The van der Waals surface area contributed by atoms with Crippen molar-refractivity contribution in [2.24, 2.45) is 5.92 Å². The SMILES string of the molecule is CCCCC(CC)CC(=O)C(C)(C)c1ccccc1. The highest BCUT2D eigenvalue weighted by molar-refractivity contribution is 5.89. The van der Waals surface area contributed by atoms with Crippen LogP contribution in [-0.2, 0) is 10.2 Å². The third-order valence-electron chi connectivity index (χ3n) is 4.21. The van der Waals surface area contributed by atoms with Gasteiger partial charge in [-0.05, 0) is 25.3 Å². The number of unbranched alkanes of at least 4 members (excludes halogenated alkanes) is 1. The summed E-state index contributed by atoms with van der Waals surface area (Å²) in [5.41, 5.74) is 0.770. The minimum atomic E-state index is -0.360. The first-order valence-corrected chi connectivity index (χ1v) is 7.61. The van der Waals surface area contributed by atoms with Gasteiger partial charge in [0.05, 0.1) is 0 Å². The van der Waals surface area contributed by atoms with E-state index in [0.29, 0.717) is 11.7 Å². The molecule has 1 atom stereocenters. The summed E-state index contributed by atoms with van der Waals surface area (Å²) in [5.74, 6) is 0.928. The maximum Gasteiger partial charge on any atom is 0.143 e. The minimum absolute atomic E-state index is 0.360. The maximum absolute atomic E-state index is 12.6. The Kier molecular flexibility index (Phi) is 6.27. The highest BCUT2D eigenvalue weighted by Crippen LogP contribution is 2.29. The molecule has 0 bridgehead atoms. The van der Waals surface area contributed by atoms with Crippen molar-refractivity contribution in [1.82, 2.24) is 0 Å². The Morgan fingerprint density at radius 1 is 1.16 bits per heavy atom. The Morgan fingerprint density at radius 3 is 2.32 bits per heavy atom. The summed E-state index contributed by atoms with van der Waals surface area (Å²) in [6.07, 6.45) is 5.46. The van der Waals surface area contributed by atoms with E-state index in [0.717, 1.165) is 18.4 Å². The summed E-state index contributed by atoms with van der Waals surface area (Å²) >= 11 is 0. The summed E-state index contributed by atoms with van der Waals surface area (Å²) in [6.45, 7) is 8.51. The van der Waals surface area contributed by atoms with E-state index in [2.05, 4.69) is 39.8 Å². The molecule has 0 heterocycles. The van der Waals surface area contributed by atoms with Crippen molar-refractivity contribution in [3.05, 3.63) is 35.9 Å². The predicted octanol–water partition coefficient (Wildman–Crippen LogP) is 5.14. The monoisotopic (exact) mass is 260 g/mol. The second-order valence-electron chi connectivity index (χ2n) is 6.03. The van der Waals surface area contributed by atoms with Crippen molar-refractivity contribution in [2.75, 3.05) is 0 Å². The molecule has 0 spiro atoms. The number of carbonyl (C=O) groups is 1. The van der Waals surface area contributed by atoms with Crippen LogP contribution in [0.2, 0.25) is 0 Å². The highest BCUT2D eigenvalue weighted by Gasteiger charge is 2.30. The van der Waals surface area contributed by atoms with E-state index in [-0.39, 0.29) is 5.41 Å². The van der Waals surface area contributed by atoms with Gasteiger partial charge in [0, 0.05) is 11.8 Å². The van der Waals surface area contributed by atoms with Crippen LogP contribution in [0, 0.1) is 5.92 Å². The largest absolute Gasteiger partial charge is 0.299 e. The van der Waals surface area contributed by atoms with Crippen molar-refractivity contribution in [1.29, 1.82) is 0 Å². The molecule has 1 unspecified atom stereocenters. The van der Waals surface area contributed by atoms with Crippen molar-refractivity contribution in [3.63, 3.8) is 0 Å². The normalized spacial score (nSPS) is 13.3. The van der Waals surface area contributed by atoms with Gasteiger partial charge in [-0.1, -0.05) is 69.9 Å². The lowest BCUT2D eigenvalue weighted by Crippen LogP contribution is -2.30. The summed E-state index contributed by atoms with van der Waals surface area (Å²) in [6, 6.07) is 10.1. The van der Waals surface area contributed by atoms with E-state index >= 15 is 0 Å². The summed E-state index contributed by atoms with van der Waals surface area (Å²) in [5, 5.41) is 0. The fourth-order valence-corrected chi connectivity index (χ4v) is 2.48. The summed E-state index contributed by atoms with van der Waals surface area (Å²) in [7, 11) is 0. The van der Waals surface area contributed by atoms with Gasteiger partial charge in [-0.15, -0.1) is 0 Å². The first-order valence-electron chi connectivity index (χ1n) is 7.61. The molecule has 1 aromatic rings. The predicted molar refractivity (Wildman–Crippen MR) is 82.4 cm³/mol. The van der Waals surface area contributed by atoms with Gasteiger partial charge < -0.3 is 0 Å². The summed E-state index contributed by atoms with van der Waals surface area (Å²) in [4.78, 5) is 12.6. The van der Waals surface area contributed by atoms with E-state index < -0.39 is 0 Å². The molecule has 1 aromatic carbocycles. The van der Waals surface area contributed by atoms with E-state index in [4.69, 9.17) is 0 Å². The first kappa shape index (κ1) is 15.9. The number of hydrogen-bond donors (Lipinski definition) is 0. The molecule has 106 valence electrons. The zero-order valence-corrected chi connectivity index (χ0v) is 12.9. The molecule has 0 amide bonds. The van der Waals surface area contributed by atoms with Crippen molar-refractivity contribution >= 4 is 5.78 Å². The Hall–Kier alpha value is -1.11. The van der Waals surface area contributed by atoms with Crippen LogP contribution in [0.25, 0.3) is 0 Å². The van der Waals surface area contributed by atoms with Gasteiger partial charge in [0.1, 0.15) is 5.78 Å². The van der Waals surface area contributed by atoms with Crippen LogP contribution in [-0.4, -0.2) is 5.78 Å². The zero-order valence-electron chi connectivity index (χ0n) is 12.9. The second kappa shape index (κ2) is 7.47. The number of ketones is 1. The number of hydrogen-bond acceptors (Lipinski definition) is 1. The molecule has 0 radical (unpaired) electrons. The van der Waals surface area contributed by atoms with Crippen molar-refractivity contribution < 1.29 is 4.79 Å². The van der Waals surface area contributed by atoms with E-state index in [9.17, 15) is 4.79 Å². The quantitative estimate of drug-likeness (QED) is 0.632. The Morgan fingerprint density at radius 2 is 1.79 bits per heavy atom. The van der Waals surface area contributed by atoms with Crippen molar-refractivity contribution in [3.8, 4) is 0 Å². The Bertz CT molecular complexity index is 378. The maximum atomic E-state index is 12.6. The lowest BCUT2D eigenvalue weighted by molar-refractivity contribution is -0.124. The van der Waals surface area contributed by atoms with Gasteiger partial charge in [0.2, 0.25) is 0 Å². The number of Topliss-reactive ketones (excluding diaryl/α,β-unsaturated/α-hetero) is 1. The van der Waals surface area contributed by atoms with Gasteiger partial charge >= 0.3 is 0 Å². The van der Waals surface area contributed by atoms with Crippen LogP contribution in [0.1, 0.15) is 65.4 Å². The fraction of sp³-hybridized carbons (Fsp3) is 0.611. The van der Waals surface area contributed by atoms with Gasteiger partial charge in [-0.2, -0.15) is 0 Å². The minimum Gasteiger partial charge on any atom is -0.299 e. The van der Waals surface area contributed by atoms with Gasteiger partial charge in [-0.25, -0.2) is 0 Å². The molecule has 19 heavy (non-hydrogen) atoms. The molecule has 0 N–H and O–H groups in total. The standard InChI is InChI=1S/C18H28O/c1-5-7-11-15(6-2)14-17(19)18(3,4)16-12-9-8-10-13-16/h8-10,12-13,15H,5-7,11,14H2,1-4H3. The first-order chi connectivity index (χ1) is 9.02. The van der Waals surface area contributed by atoms with E-state index in [1.54, 1.807) is 0 Å². The molecular weight excluding hydrogens is 232 g/mol. The van der Waals surface area contributed by atoms with Gasteiger partial charge in [0.15, 0.2) is 0 Å². The highest BCUT2D eigenvalue weighted by atomic mass is 16.1. The molecule has 1 nitrogen and oxygen atoms in total. The van der Waals surface area contributed by atoms with Crippen LogP contribution in [0.5, 0.6) is 0 Å². The molecule has 0 saturated heterocycles. The number of rotatable bonds is 8. The molecule has 1 rings (SSSR count). The fourth-order valence-electron chi connectivity index (χ4n) is 2.48. The smallest absolute Gasteiger partial charge is 0.143 e. The molecule has 0 aliphatic rings. The van der Waals surface area contributed by atoms with E-state index in [1.807, 2.05) is 18.2 Å². The average Bonchev–Trinajstić information content (AvgIpc) is 2.44. The molecule has 1 heteroatoms. The van der Waals surface area contributed by atoms with Crippen LogP contribution >= 0.6 is 0 Å². The number of carbonyl (C=O) groups excluding carboxylic acids is 1. The van der Waals surface area contributed by atoms with E-state index in [1.165, 1.54) is 19.3 Å². The van der Waals surface area contributed by atoms with Crippen LogP contribution in [0.15, 0.2) is 30.3 Å². The zero-order chi connectivity index (χ0) is 14.3. The topological polar surface area (TPSA) is 17.1 Å². The average molecular weight is 260 g/mol. The number of benzene rings is 1.